The van der Waals surface area contributed by atoms with Crippen LogP contribution in [0.15, 0.2) is 60.3 Å². The normalized spacial score (nSPS) is 11.3. The molecule has 0 aliphatic carbocycles. The van der Waals surface area contributed by atoms with Gasteiger partial charge in [-0.1, -0.05) is 12.1 Å². The second-order valence-electron chi connectivity index (χ2n) is 5.42. The lowest BCUT2D eigenvalue weighted by Crippen LogP contribution is -2.15. The number of nitrogens with zero attached hydrogens (tertiary/aromatic N) is 1. The average Bonchev–Trinajstić information content (AvgIpc) is 2.67. The molecule has 0 fully saturated rings. The minimum atomic E-state index is -4.55. The molecule has 2 aromatic carbocycles. The molecule has 2 rings (SSSR count). The Morgan fingerprint density at radius 2 is 1.79 bits per heavy atom. The van der Waals surface area contributed by atoms with Crippen molar-refractivity contribution in [3.05, 3.63) is 71.4 Å². The number of methoxy groups -OCH3 is 1. The zero-order valence-electron chi connectivity index (χ0n) is 14.5. The van der Waals surface area contributed by atoms with Gasteiger partial charge < -0.3 is 15.4 Å². The van der Waals surface area contributed by atoms with E-state index in [4.69, 9.17) is 5.26 Å². The van der Waals surface area contributed by atoms with Crippen molar-refractivity contribution >= 4 is 23.3 Å². The number of carbonyl (C=O) groups excluding carboxylic acids is 2. The maximum atomic E-state index is 12.7. The molecule has 0 radical (unpaired) electrons. The van der Waals surface area contributed by atoms with Crippen LogP contribution in [-0.4, -0.2) is 19.0 Å². The highest BCUT2D eigenvalue weighted by Gasteiger charge is 2.30. The first-order chi connectivity index (χ1) is 13.2. The molecule has 0 spiro atoms. The Hall–Kier alpha value is -3.80. The van der Waals surface area contributed by atoms with Gasteiger partial charge in [0.05, 0.1) is 18.2 Å². The number of hydrogen-bond donors (Lipinski definition) is 2. The molecule has 28 heavy (non-hydrogen) atoms. The molecule has 0 unspecified atom stereocenters. The Morgan fingerprint density at radius 1 is 1.11 bits per heavy atom. The van der Waals surface area contributed by atoms with Crippen molar-refractivity contribution in [1.29, 1.82) is 5.26 Å². The largest absolute Gasteiger partial charge is 0.465 e. The van der Waals surface area contributed by atoms with Gasteiger partial charge in [-0.05, 0) is 36.4 Å². The van der Waals surface area contributed by atoms with Crippen LogP contribution in [-0.2, 0) is 15.7 Å². The highest BCUT2D eigenvalue weighted by Crippen LogP contribution is 2.30. The van der Waals surface area contributed by atoms with Crippen molar-refractivity contribution in [2.24, 2.45) is 0 Å². The Balaban J connectivity index is 2.14. The third kappa shape index (κ3) is 5.35. The molecule has 0 saturated heterocycles. The molecule has 2 aromatic rings. The molecule has 144 valence electrons. The first kappa shape index (κ1) is 20.5. The van der Waals surface area contributed by atoms with Crippen molar-refractivity contribution in [3.8, 4) is 6.07 Å². The summed E-state index contributed by atoms with van der Waals surface area (Å²) in [6, 6.07) is 11.8. The van der Waals surface area contributed by atoms with Gasteiger partial charge in [0.1, 0.15) is 11.6 Å². The lowest BCUT2D eigenvalue weighted by molar-refractivity contribution is -0.137. The Labute approximate surface area is 158 Å². The van der Waals surface area contributed by atoms with E-state index in [1.807, 2.05) is 0 Å². The van der Waals surface area contributed by atoms with E-state index in [1.165, 1.54) is 25.3 Å². The average molecular weight is 389 g/mol. The van der Waals surface area contributed by atoms with Gasteiger partial charge in [-0.2, -0.15) is 18.4 Å². The first-order valence-corrected chi connectivity index (χ1v) is 7.78. The lowest BCUT2D eigenvalue weighted by atomic mass is 10.2. The summed E-state index contributed by atoms with van der Waals surface area (Å²) in [5.74, 6) is -1.45. The number of hydrogen-bond acceptors (Lipinski definition) is 5. The van der Waals surface area contributed by atoms with Gasteiger partial charge in [-0.3, -0.25) is 4.79 Å². The summed E-state index contributed by atoms with van der Waals surface area (Å²) in [4.78, 5) is 23.7. The van der Waals surface area contributed by atoms with Crippen molar-refractivity contribution in [2.75, 3.05) is 17.7 Å². The van der Waals surface area contributed by atoms with Crippen LogP contribution >= 0.6 is 0 Å². The maximum absolute atomic E-state index is 12.7. The van der Waals surface area contributed by atoms with Crippen molar-refractivity contribution in [2.45, 2.75) is 6.18 Å². The second-order valence-corrected chi connectivity index (χ2v) is 5.42. The second kappa shape index (κ2) is 8.73. The van der Waals surface area contributed by atoms with E-state index in [1.54, 1.807) is 18.2 Å². The lowest BCUT2D eigenvalue weighted by Gasteiger charge is -2.10. The molecule has 0 bridgehead atoms. The molecular formula is C19H14F3N3O3. The van der Waals surface area contributed by atoms with E-state index in [9.17, 15) is 22.8 Å². The highest BCUT2D eigenvalue weighted by molar-refractivity contribution is 6.06. The van der Waals surface area contributed by atoms with Gasteiger partial charge in [0.2, 0.25) is 0 Å². The summed E-state index contributed by atoms with van der Waals surface area (Å²) in [5, 5.41) is 14.1. The number of esters is 1. The van der Waals surface area contributed by atoms with Gasteiger partial charge in [0.25, 0.3) is 5.91 Å². The smallest absolute Gasteiger partial charge is 0.416 e. The fourth-order valence-electron chi connectivity index (χ4n) is 2.13. The van der Waals surface area contributed by atoms with Gasteiger partial charge in [-0.15, -0.1) is 0 Å². The van der Waals surface area contributed by atoms with E-state index >= 15 is 0 Å². The topological polar surface area (TPSA) is 91.2 Å². The van der Waals surface area contributed by atoms with Gasteiger partial charge in [0, 0.05) is 17.6 Å². The maximum Gasteiger partial charge on any atom is 0.416 e. The molecule has 9 heteroatoms. The fourth-order valence-corrected chi connectivity index (χ4v) is 2.13. The molecule has 2 N–H and O–H groups in total. The number of halogens is 3. The molecule has 0 atom stereocenters. The number of nitriles is 1. The van der Waals surface area contributed by atoms with E-state index in [2.05, 4.69) is 15.4 Å². The van der Waals surface area contributed by atoms with Crippen molar-refractivity contribution < 1.29 is 27.5 Å². The van der Waals surface area contributed by atoms with Crippen LogP contribution < -0.4 is 10.6 Å². The van der Waals surface area contributed by atoms with Crippen LogP contribution in [0.5, 0.6) is 0 Å². The number of carbonyl (C=O) groups is 2. The number of amides is 1. The Bertz CT molecular complexity index is 963. The van der Waals surface area contributed by atoms with Gasteiger partial charge >= 0.3 is 12.1 Å². The van der Waals surface area contributed by atoms with Crippen LogP contribution in [0, 0.1) is 11.3 Å². The zero-order chi connectivity index (χ0) is 20.7. The summed E-state index contributed by atoms with van der Waals surface area (Å²) in [5.41, 5.74) is -0.740. The molecule has 1 amide bonds. The zero-order valence-corrected chi connectivity index (χ0v) is 14.5. The first-order valence-electron chi connectivity index (χ1n) is 7.78. The molecule has 0 saturated carbocycles. The van der Waals surface area contributed by atoms with Crippen molar-refractivity contribution in [1.82, 2.24) is 0 Å². The van der Waals surface area contributed by atoms with Crippen LogP contribution in [0.25, 0.3) is 0 Å². The summed E-state index contributed by atoms with van der Waals surface area (Å²) >= 11 is 0. The highest BCUT2D eigenvalue weighted by atomic mass is 19.4. The van der Waals surface area contributed by atoms with Crippen LogP contribution in [0.3, 0.4) is 0 Å². The fraction of sp³-hybridized carbons (Fsp3) is 0.105. The number of rotatable bonds is 5. The molecular weight excluding hydrogens is 375 g/mol. The summed E-state index contributed by atoms with van der Waals surface area (Å²) in [6.45, 7) is 0. The monoisotopic (exact) mass is 389 g/mol. The van der Waals surface area contributed by atoms with Crippen LogP contribution in [0.2, 0.25) is 0 Å². The molecule has 0 heterocycles. The van der Waals surface area contributed by atoms with Gasteiger partial charge in [-0.25, -0.2) is 4.79 Å². The number of alkyl halides is 3. The van der Waals surface area contributed by atoms with E-state index < -0.39 is 23.6 Å². The summed E-state index contributed by atoms with van der Waals surface area (Å²) < 4.78 is 42.8. The van der Waals surface area contributed by atoms with Crippen molar-refractivity contribution in [3.63, 3.8) is 0 Å². The minimum Gasteiger partial charge on any atom is -0.465 e. The molecule has 6 nitrogen and oxygen atoms in total. The van der Waals surface area contributed by atoms with E-state index in [0.29, 0.717) is 5.69 Å². The molecule has 0 aliphatic rings. The molecule has 0 aliphatic heterocycles. The predicted molar refractivity (Wildman–Crippen MR) is 95.2 cm³/mol. The summed E-state index contributed by atoms with van der Waals surface area (Å²) in [6.07, 6.45) is -3.47. The third-order valence-corrected chi connectivity index (χ3v) is 3.48. The minimum absolute atomic E-state index is 0.103. The SMILES string of the molecule is COC(=O)c1cccc(N/C=C(/C#N)C(=O)Nc2cccc(C(F)(F)F)c2)c1. The predicted octanol–water partition coefficient (Wildman–Crippen LogP) is 3.95. The number of ether oxygens (including phenoxy) is 1. The Kier molecular flexibility index (Phi) is 6.39. The third-order valence-electron chi connectivity index (χ3n) is 3.48. The summed E-state index contributed by atoms with van der Waals surface area (Å²) in [7, 11) is 1.23. The number of benzene rings is 2. The standard InChI is InChI=1S/C19H14F3N3O3/c1-28-18(27)12-4-2-6-15(8-12)24-11-13(10-23)17(26)25-16-7-3-5-14(9-16)19(20,21)22/h2-9,11,24H,1H3,(H,25,26)/b13-11-. The van der Waals surface area contributed by atoms with Crippen LogP contribution in [0.4, 0.5) is 24.5 Å². The van der Waals surface area contributed by atoms with E-state index in [0.717, 1.165) is 24.4 Å². The number of anilines is 2. The van der Waals surface area contributed by atoms with Crippen LogP contribution in [0.1, 0.15) is 15.9 Å². The Morgan fingerprint density at radius 3 is 2.43 bits per heavy atom. The quantitative estimate of drug-likeness (QED) is 0.459. The number of nitrogens with one attached hydrogen (secondary N) is 2. The van der Waals surface area contributed by atoms with Gasteiger partial charge in [0.15, 0.2) is 0 Å². The molecule has 0 aromatic heterocycles. The van der Waals surface area contributed by atoms with E-state index in [-0.39, 0.29) is 16.8 Å².